The minimum atomic E-state index is 0.591. The number of aryl methyl sites for hydroxylation is 1. The number of aromatic nitrogens is 1. The lowest BCUT2D eigenvalue weighted by atomic mass is 10.2. The van der Waals surface area contributed by atoms with Gasteiger partial charge in [0.15, 0.2) is 0 Å². The zero-order valence-corrected chi connectivity index (χ0v) is 12.0. The van der Waals surface area contributed by atoms with Gasteiger partial charge in [-0.05, 0) is 55.9 Å². The molecule has 1 aromatic heterocycles. The summed E-state index contributed by atoms with van der Waals surface area (Å²) in [6.07, 6.45) is 10.2. The summed E-state index contributed by atoms with van der Waals surface area (Å²) in [5.41, 5.74) is 1.09. The predicted molar refractivity (Wildman–Crippen MR) is 82.7 cm³/mol. The lowest BCUT2D eigenvalue weighted by molar-refractivity contribution is 0.363. The summed E-state index contributed by atoms with van der Waals surface area (Å²) in [5.74, 6) is 0.895. The number of hydrogen-bond donors (Lipinski definition) is 0. The predicted octanol–water partition coefficient (Wildman–Crippen LogP) is 4.71. The molecule has 1 aromatic carbocycles. The van der Waals surface area contributed by atoms with Crippen LogP contribution in [0.5, 0.6) is 5.75 Å². The maximum Gasteiger partial charge on any atom is 0.121 e. The van der Waals surface area contributed by atoms with Crippen LogP contribution in [0.2, 0.25) is 0 Å². The number of unbranched alkanes of at least 4 members (excludes halogenated alkanes) is 2. The highest BCUT2D eigenvalue weighted by atomic mass is 32.1. The van der Waals surface area contributed by atoms with Crippen LogP contribution in [0.15, 0.2) is 43.0 Å². The third-order valence-corrected chi connectivity index (χ3v) is 3.68. The molecular formula is C16H18NOS. The van der Waals surface area contributed by atoms with Gasteiger partial charge in [0.2, 0.25) is 0 Å². The van der Waals surface area contributed by atoms with E-state index in [2.05, 4.69) is 29.5 Å². The number of ether oxygens (including phenoxy) is 1. The van der Waals surface area contributed by atoms with Crippen LogP contribution in [-0.2, 0) is 0 Å². The maximum atomic E-state index is 5.68. The van der Waals surface area contributed by atoms with Gasteiger partial charge >= 0.3 is 0 Å². The number of nitrogens with zero attached hydrogens (tertiary/aromatic N) is 1. The molecule has 0 aliphatic heterocycles. The Morgan fingerprint density at radius 1 is 1.37 bits per heavy atom. The van der Waals surface area contributed by atoms with Crippen molar-refractivity contribution in [3.8, 4) is 5.75 Å². The Hall–Kier alpha value is -1.61. The standard InChI is InChI=1S/C16H18NOS/c1-3-4-5-6-7-8-11-18-14-9-10-15-13(2)17-19-16(15)12-14/h3,6-10,12H,1,4-5,11H2,2H3/b8-7+. The van der Waals surface area contributed by atoms with E-state index in [1.807, 2.05) is 31.2 Å². The monoisotopic (exact) mass is 272 g/mol. The number of rotatable bonds is 7. The number of benzene rings is 1. The van der Waals surface area contributed by atoms with Crippen LogP contribution in [-0.4, -0.2) is 11.0 Å². The van der Waals surface area contributed by atoms with Crippen LogP contribution in [0.25, 0.3) is 10.1 Å². The van der Waals surface area contributed by atoms with E-state index in [4.69, 9.17) is 4.74 Å². The van der Waals surface area contributed by atoms with Gasteiger partial charge in [-0.15, -0.1) is 6.58 Å². The normalized spacial score (nSPS) is 11.2. The first kappa shape index (κ1) is 13.8. The molecule has 0 unspecified atom stereocenters. The van der Waals surface area contributed by atoms with Crippen LogP contribution < -0.4 is 4.74 Å². The molecule has 0 saturated carbocycles. The van der Waals surface area contributed by atoms with Gasteiger partial charge in [0, 0.05) is 5.39 Å². The van der Waals surface area contributed by atoms with E-state index < -0.39 is 0 Å². The van der Waals surface area contributed by atoms with Gasteiger partial charge in [-0.3, -0.25) is 0 Å². The van der Waals surface area contributed by atoms with Crippen LogP contribution in [0, 0.1) is 13.3 Å². The molecule has 0 aliphatic rings. The molecule has 2 rings (SSSR count). The largest absolute Gasteiger partial charge is 0.489 e. The highest BCUT2D eigenvalue weighted by Crippen LogP contribution is 2.26. The fourth-order valence-corrected chi connectivity index (χ4v) is 2.56. The van der Waals surface area contributed by atoms with E-state index in [1.165, 1.54) is 21.6 Å². The summed E-state index contributed by atoms with van der Waals surface area (Å²) >= 11 is 1.52. The van der Waals surface area contributed by atoms with Gasteiger partial charge in [0.1, 0.15) is 12.4 Å². The maximum absolute atomic E-state index is 5.68. The topological polar surface area (TPSA) is 22.1 Å². The van der Waals surface area contributed by atoms with E-state index in [9.17, 15) is 0 Å². The van der Waals surface area contributed by atoms with E-state index in [1.54, 1.807) is 0 Å². The Bertz CT molecular complexity index is 571. The molecule has 1 radical (unpaired) electrons. The summed E-state index contributed by atoms with van der Waals surface area (Å²) in [5, 5.41) is 1.21. The molecule has 0 amide bonds. The van der Waals surface area contributed by atoms with E-state index in [-0.39, 0.29) is 0 Å². The van der Waals surface area contributed by atoms with Gasteiger partial charge in [-0.1, -0.05) is 18.2 Å². The van der Waals surface area contributed by atoms with Crippen LogP contribution in [0.1, 0.15) is 18.5 Å². The molecule has 0 atom stereocenters. The second-order valence-electron chi connectivity index (χ2n) is 4.27. The van der Waals surface area contributed by atoms with Crippen molar-refractivity contribution in [2.75, 3.05) is 6.61 Å². The van der Waals surface area contributed by atoms with Gasteiger partial charge in [-0.2, -0.15) is 4.37 Å². The van der Waals surface area contributed by atoms with Crippen molar-refractivity contribution in [2.24, 2.45) is 0 Å². The van der Waals surface area contributed by atoms with Crippen molar-refractivity contribution in [1.29, 1.82) is 0 Å². The van der Waals surface area contributed by atoms with Crippen LogP contribution in [0.4, 0.5) is 0 Å². The van der Waals surface area contributed by atoms with Gasteiger partial charge in [0.25, 0.3) is 0 Å². The summed E-state index contributed by atoms with van der Waals surface area (Å²) < 4.78 is 11.2. The first-order valence-corrected chi connectivity index (χ1v) is 7.16. The molecule has 0 spiro atoms. The molecule has 0 saturated heterocycles. The molecule has 0 bridgehead atoms. The van der Waals surface area contributed by atoms with Gasteiger partial charge < -0.3 is 4.74 Å². The first-order chi connectivity index (χ1) is 9.31. The molecule has 0 fully saturated rings. The van der Waals surface area contributed by atoms with Crippen LogP contribution in [0.3, 0.4) is 0 Å². The Kier molecular flexibility index (Phi) is 5.16. The molecule has 0 aliphatic carbocycles. The fraction of sp³-hybridized carbons (Fsp3) is 0.250. The molecule has 99 valence electrons. The SMILES string of the molecule is C=CCC[CH]/C=C/COc1ccc2c(C)nsc2c1. The number of fused-ring (bicyclic) bond motifs is 1. The Morgan fingerprint density at radius 3 is 3.11 bits per heavy atom. The third kappa shape index (κ3) is 3.93. The fourth-order valence-electron chi connectivity index (χ4n) is 1.74. The highest BCUT2D eigenvalue weighted by molar-refractivity contribution is 7.13. The van der Waals surface area contributed by atoms with Crippen LogP contribution >= 0.6 is 11.5 Å². The molecule has 3 heteroatoms. The van der Waals surface area contributed by atoms with Crippen molar-refractivity contribution in [3.05, 3.63) is 55.1 Å². The molecular weight excluding hydrogens is 254 g/mol. The van der Waals surface area contributed by atoms with Crippen molar-refractivity contribution in [3.63, 3.8) is 0 Å². The molecule has 2 nitrogen and oxygen atoms in total. The van der Waals surface area contributed by atoms with E-state index in [0.29, 0.717) is 6.61 Å². The molecule has 1 heterocycles. The van der Waals surface area contributed by atoms with Crippen molar-refractivity contribution in [1.82, 2.24) is 4.37 Å². The molecule has 2 aromatic rings. The molecule has 19 heavy (non-hydrogen) atoms. The second-order valence-corrected chi connectivity index (χ2v) is 5.07. The lowest BCUT2D eigenvalue weighted by Gasteiger charge is -2.02. The van der Waals surface area contributed by atoms with Crippen molar-refractivity contribution < 1.29 is 4.74 Å². The highest BCUT2D eigenvalue weighted by Gasteiger charge is 2.02. The first-order valence-electron chi connectivity index (χ1n) is 6.39. The summed E-state index contributed by atoms with van der Waals surface area (Å²) in [7, 11) is 0. The lowest BCUT2D eigenvalue weighted by Crippen LogP contribution is -1.92. The van der Waals surface area contributed by atoms with Gasteiger partial charge in [0.05, 0.1) is 10.4 Å². The average Bonchev–Trinajstić information content (AvgIpc) is 2.79. The van der Waals surface area contributed by atoms with Crippen molar-refractivity contribution in [2.45, 2.75) is 19.8 Å². The minimum absolute atomic E-state index is 0.591. The quantitative estimate of drug-likeness (QED) is 0.538. The Labute approximate surface area is 118 Å². The van der Waals surface area contributed by atoms with Gasteiger partial charge in [-0.25, -0.2) is 0 Å². The number of hydrogen-bond acceptors (Lipinski definition) is 3. The van der Waals surface area contributed by atoms with E-state index >= 15 is 0 Å². The summed E-state index contributed by atoms with van der Waals surface area (Å²) in [6.45, 7) is 6.31. The molecule has 0 N–H and O–H groups in total. The zero-order chi connectivity index (χ0) is 13.5. The smallest absolute Gasteiger partial charge is 0.121 e. The summed E-state index contributed by atoms with van der Waals surface area (Å²) in [6, 6.07) is 6.12. The van der Waals surface area contributed by atoms with Crippen molar-refractivity contribution >= 4 is 21.6 Å². The average molecular weight is 272 g/mol. The summed E-state index contributed by atoms with van der Waals surface area (Å²) in [4.78, 5) is 0. The van der Waals surface area contributed by atoms with E-state index in [0.717, 1.165) is 24.3 Å². The second kappa shape index (κ2) is 7.10. The Morgan fingerprint density at radius 2 is 2.26 bits per heavy atom. The zero-order valence-electron chi connectivity index (χ0n) is 11.1. The third-order valence-electron chi connectivity index (χ3n) is 2.78. The minimum Gasteiger partial charge on any atom is -0.489 e. The Balaban J connectivity index is 1.83. The number of allylic oxidation sites excluding steroid dienone is 2.